The number of benzene rings is 1. The molecule has 1 aromatic carbocycles. The van der Waals surface area contributed by atoms with Crippen molar-refractivity contribution in [3.05, 3.63) is 75.6 Å². The molecule has 0 bridgehead atoms. The second-order valence-electron chi connectivity index (χ2n) is 11.2. The lowest BCUT2D eigenvalue weighted by Crippen LogP contribution is -2.34. The van der Waals surface area contributed by atoms with Gasteiger partial charge in [0.05, 0.1) is 21.7 Å². The van der Waals surface area contributed by atoms with E-state index in [0.717, 1.165) is 57.2 Å². The van der Waals surface area contributed by atoms with Gasteiger partial charge in [-0.15, -0.1) is 22.7 Å². The molecule has 5 aromatic rings. The van der Waals surface area contributed by atoms with Crippen LogP contribution in [0.5, 0.6) is 0 Å². The number of rotatable bonds is 10. The summed E-state index contributed by atoms with van der Waals surface area (Å²) in [5.74, 6) is -0.0331. The number of hydrogen-bond acceptors (Lipinski definition) is 11. The van der Waals surface area contributed by atoms with Crippen LogP contribution in [0.1, 0.15) is 60.0 Å². The lowest BCUT2D eigenvalue weighted by molar-refractivity contribution is 0.135. The summed E-state index contributed by atoms with van der Waals surface area (Å²) in [4.78, 5) is 35.6. The van der Waals surface area contributed by atoms with Gasteiger partial charge in [0.2, 0.25) is 5.95 Å². The van der Waals surface area contributed by atoms with Crippen molar-refractivity contribution in [1.29, 1.82) is 0 Å². The monoisotopic (exact) mass is 648 g/mol. The highest BCUT2D eigenvalue weighted by atomic mass is 32.1. The zero-order chi connectivity index (χ0) is 30.9. The van der Waals surface area contributed by atoms with Crippen LogP contribution >= 0.6 is 22.7 Å². The number of anilines is 2. The van der Waals surface area contributed by atoms with Gasteiger partial charge in [-0.25, -0.2) is 28.5 Å². The molecule has 1 amide bonds. The summed E-state index contributed by atoms with van der Waals surface area (Å²) in [5, 5.41) is 12.9. The molecule has 0 aliphatic heterocycles. The lowest BCUT2D eigenvalue weighted by Gasteiger charge is -2.19. The van der Waals surface area contributed by atoms with E-state index in [1.807, 2.05) is 24.6 Å². The Balaban J connectivity index is 1.13. The molecular formula is C31H30F2N8O2S2. The Kier molecular flexibility index (Phi) is 8.23. The fourth-order valence-corrected chi connectivity index (χ4v) is 7.21. The van der Waals surface area contributed by atoms with E-state index in [0.29, 0.717) is 23.9 Å². The maximum atomic E-state index is 14.3. The van der Waals surface area contributed by atoms with Crippen LogP contribution in [0.15, 0.2) is 42.0 Å². The fourth-order valence-electron chi connectivity index (χ4n) is 5.62. The predicted octanol–water partition coefficient (Wildman–Crippen LogP) is 6.94. The van der Waals surface area contributed by atoms with E-state index in [1.165, 1.54) is 29.5 Å². The Hall–Kier alpha value is -4.30. The number of alkyl carbamates (subject to hydrolysis) is 1. The molecule has 2 fully saturated rings. The highest BCUT2D eigenvalue weighted by molar-refractivity contribution is 7.21. The van der Waals surface area contributed by atoms with Crippen LogP contribution in [0, 0.1) is 18.6 Å². The first-order valence-electron chi connectivity index (χ1n) is 14.8. The Labute approximate surface area is 265 Å². The number of carbonyl (C=O) groups excluding carboxylic acids is 1. The molecule has 3 N–H and O–H groups in total. The molecule has 45 heavy (non-hydrogen) atoms. The molecule has 0 spiro atoms. The summed E-state index contributed by atoms with van der Waals surface area (Å²) in [5.41, 5.74) is 3.28. The second kappa shape index (κ2) is 12.6. The number of halogens is 2. The quantitative estimate of drug-likeness (QED) is 0.148. The first-order chi connectivity index (χ1) is 21.9. The summed E-state index contributed by atoms with van der Waals surface area (Å²) in [6.07, 6.45) is 7.48. The first-order valence-corrected chi connectivity index (χ1v) is 16.5. The van der Waals surface area contributed by atoms with Crippen molar-refractivity contribution in [2.45, 2.75) is 70.2 Å². The van der Waals surface area contributed by atoms with Gasteiger partial charge in [-0.1, -0.05) is 6.07 Å². The molecule has 2 aliphatic rings. The molecule has 2 aliphatic carbocycles. The highest BCUT2D eigenvalue weighted by Crippen LogP contribution is 2.44. The molecule has 2 saturated carbocycles. The summed E-state index contributed by atoms with van der Waals surface area (Å²) >= 11 is 2.99. The van der Waals surface area contributed by atoms with Crippen LogP contribution in [0.3, 0.4) is 0 Å². The largest absolute Gasteiger partial charge is 0.442 e. The van der Waals surface area contributed by atoms with Gasteiger partial charge in [0.1, 0.15) is 39.6 Å². The van der Waals surface area contributed by atoms with Gasteiger partial charge >= 0.3 is 6.09 Å². The number of hydrogen-bond donors (Lipinski definition) is 3. The Morgan fingerprint density at radius 3 is 2.62 bits per heavy atom. The van der Waals surface area contributed by atoms with Crippen molar-refractivity contribution >= 4 is 50.7 Å². The number of pyridine rings is 1. The van der Waals surface area contributed by atoms with E-state index in [2.05, 4.69) is 30.9 Å². The minimum absolute atomic E-state index is 0.00255. The Bertz CT molecular complexity index is 1830. The first kappa shape index (κ1) is 29.4. The SMILES string of the molecule is Cc1nc(NCc2c(F)cccc2F)nc(NC2CCC(NC(=O)OCc3nccs3)C2)c1-c1nc2c(C3CC3)nccc2s1. The van der Waals surface area contributed by atoms with Gasteiger partial charge in [0, 0.05) is 47.9 Å². The summed E-state index contributed by atoms with van der Waals surface area (Å²) in [6.45, 7) is 1.89. The van der Waals surface area contributed by atoms with Gasteiger partial charge in [-0.3, -0.25) is 4.98 Å². The van der Waals surface area contributed by atoms with Gasteiger partial charge in [-0.05, 0) is 57.2 Å². The molecule has 4 aromatic heterocycles. The van der Waals surface area contributed by atoms with Crippen LogP contribution in [0.2, 0.25) is 0 Å². The van der Waals surface area contributed by atoms with Crippen molar-refractivity contribution < 1.29 is 18.3 Å². The van der Waals surface area contributed by atoms with Crippen molar-refractivity contribution in [2.75, 3.05) is 10.6 Å². The summed E-state index contributed by atoms with van der Waals surface area (Å²) < 4.78 is 35.0. The number of thiazole rings is 2. The van der Waals surface area contributed by atoms with Gasteiger partial charge in [0.25, 0.3) is 0 Å². The number of aromatic nitrogens is 5. The van der Waals surface area contributed by atoms with Crippen LogP contribution in [0.25, 0.3) is 20.8 Å². The van der Waals surface area contributed by atoms with Crippen LogP contribution in [-0.4, -0.2) is 43.1 Å². The van der Waals surface area contributed by atoms with E-state index >= 15 is 0 Å². The molecule has 2 unspecified atom stereocenters. The van der Waals surface area contributed by atoms with Crippen molar-refractivity contribution in [3.8, 4) is 10.6 Å². The molecule has 0 radical (unpaired) electrons. The van der Waals surface area contributed by atoms with E-state index in [-0.39, 0.29) is 36.7 Å². The topological polar surface area (TPSA) is 127 Å². The molecule has 0 saturated heterocycles. The Morgan fingerprint density at radius 1 is 1.02 bits per heavy atom. The maximum absolute atomic E-state index is 14.3. The highest BCUT2D eigenvalue weighted by Gasteiger charge is 2.31. The third kappa shape index (κ3) is 6.57. The molecule has 14 heteroatoms. The summed E-state index contributed by atoms with van der Waals surface area (Å²) in [7, 11) is 0. The Morgan fingerprint density at radius 2 is 1.84 bits per heavy atom. The molecular weight excluding hydrogens is 619 g/mol. The van der Waals surface area contributed by atoms with Crippen molar-refractivity contribution in [1.82, 2.24) is 30.2 Å². The molecule has 10 nitrogen and oxygen atoms in total. The number of ether oxygens (including phenoxy) is 1. The van der Waals surface area contributed by atoms with Crippen LogP contribution < -0.4 is 16.0 Å². The number of carbonyl (C=O) groups is 1. The number of nitrogens with one attached hydrogen (secondary N) is 3. The van der Waals surface area contributed by atoms with Crippen LogP contribution in [0.4, 0.5) is 25.3 Å². The lowest BCUT2D eigenvalue weighted by atomic mass is 10.2. The van der Waals surface area contributed by atoms with Gasteiger partial charge in [-0.2, -0.15) is 4.98 Å². The molecule has 4 heterocycles. The zero-order valence-corrected chi connectivity index (χ0v) is 26.0. The minimum Gasteiger partial charge on any atom is -0.442 e. The number of aryl methyl sites for hydroxylation is 1. The van der Waals surface area contributed by atoms with E-state index < -0.39 is 17.7 Å². The second-order valence-corrected chi connectivity index (χ2v) is 13.3. The molecule has 7 rings (SSSR count). The predicted molar refractivity (Wildman–Crippen MR) is 169 cm³/mol. The van der Waals surface area contributed by atoms with Gasteiger partial charge < -0.3 is 20.7 Å². The van der Waals surface area contributed by atoms with Gasteiger partial charge in [0.15, 0.2) is 0 Å². The van der Waals surface area contributed by atoms with Crippen molar-refractivity contribution in [3.63, 3.8) is 0 Å². The number of fused-ring (bicyclic) bond motifs is 1. The van der Waals surface area contributed by atoms with E-state index in [4.69, 9.17) is 14.7 Å². The standard InChI is InChI=1S/C31H30F2N8O2S2/c1-16-25(29-40-27-23(45-29)9-10-35-26(27)17-5-6-17)28(41-30(37-16)36-14-20-21(32)3-2-4-22(20)33)38-18-7-8-19(13-18)39-31(42)43-15-24-34-11-12-44-24/h2-4,9-12,17-19H,5-8,13-15H2,1H3,(H,39,42)(H2,36,37,38,41). The van der Waals surface area contributed by atoms with Crippen LogP contribution in [-0.2, 0) is 17.9 Å². The van der Waals surface area contributed by atoms with E-state index in [9.17, 15) is 13.6 Å². The average molecular weight is 649 g/mol. The third-order valence-corrected chi connectivity index (χ3v) is 9.79. The average Bonchev–Trinajstić information content (AvgIpc) is 3.35. The summed E-state index contributed by atoms with van der Waals surface area (Å²) in [6, 6.07) is 5.68. The minimum atomic E-state index is -0.640. The molecule has 2 atom stereocenters. The third-order valence-electron chi connectivity index (χ3n) is 7.99. The van der Waals surface area contributed by atoms with Crippen molar-refractivity contribution in [2.24, 2.45) is 0 Å². The fraction of sp³-hybridized carbons (Fsp3) is 0.355. The van der Waals surface area contributed by atoms with E-state index in [1.54, 1.807) is 17.5 Å². The smallest absolute Gasteiger partial charge is 0.407 e. The normalized spacial score (nSPS) is 17.8. The number of nitrogens with zero attached hydrogens (tertiary/aromatic N) is 5. The molecule has 232 valence electrons. The number of amides is 1. The maximum Gasteiger partial charge on any atom is 0.407 e. The zero-order valence-electron chi connectivity index (χ0n) is 24.3.